The first-order chi connectivity index (χ1) is 17.6. The van der Waals surface area contributed by atoms with Crippen LogP contribution in [0.15, 0.2) is 48.0 Å². The summed E-state index contributed by atoms with van der Waals surface area (Å²) >= 11 is 12.6. The van der Waals surface area contributed by atoms with Gasteiger partial charge < -0.3 is 15.5 Å². The van der Waals surface area contributed by atoms with Crippen LogP contribution in [0, 0.1) is 11.6 Å². The summed E-state index contributed by atoms with van der Waals surface area (Å²) in [4.78, 5) is 43.3. The molecule has 8 nitrogen and oxygen atoms in total. The molecule has 2 saturated heterocycles. The Morgan fingerprint density at radius 3 is 2.73 bits per heavy atom. The summed E-state index contributed by atoms with van der Waals surface area (Å²) in [6.07, 6.45) is 2.92. The van der Waals surface area contributed by atoms with Crippen molar-refractivity contribution >= 4 is 51.6 Å². The number of carbonyl (C=O) groups excluding carboxylic acids is 2. The number of rotatable bonds is 5. The molecule has 2 aliphatic rings. The fourth-order valence-corrected chi connectivity index (χ4v) is 5.57. The van der Waals surface area contributed by atoms with Crippen molar-refractivity contribution in [2.24, 2.45) is 0 Å². The van der Waals surface area contributed by atoms with Gasteiger partial charge in [0.15, 0.2) is 5.82 Å². The van der Waals surface area contributed by atoms with Crippen molar-refractivity contribution in [3.63, 3.8) is 0 Å². The van der Waals surface area contributed by atoms with Crippen LogP contribution in [-0.2, 0) is 15.1 Å². The Labute approximate surface area is 219 Å². The summed E-state index contributed by atoms with van der Waals surface area (Å²) in [5, 5.41) is 5.81. The number of benzene rings is 2. The van der Waals surface area contributed by atoms with Gasteiger partial charge in [-0.2, -0.15) is 0 Å². The third-order valence-electron chi connectivity index (χ3n) is 6.86. The molecular weight excluding hydrogens is 527 g/mol. The Balaban J connectivity index is 1.64. The quantitative estimate of drug-likeness (QED) is 0.374. The molecule has 2 N–H and O–H groups in total. The molecule has 2 atom stereocenters. The summed E-state index contributed by atoms with van der Waals surface area (Å²) in [6.45, 7) is 4.14. The molecule has 0 unspecified atom stereocenters. The molecule has 5 rings (SSSR count). The van der Waals surface area contributed by atoms with Crippen LogP contribution in [0.4, 0.5) is 14.5 Å². The molecule has 0 aliphatic carbocycles. The van der Waals surface area contributed by atoms with Crippen LogP contribution >= 0.6 is 23.2 Å². The lowest BCUT2D eigenvalue weighted by molar-refractivity contribution is -0.125. The lowest BCUT2D eigenvalue weighted by atomic mass is 9.87. The SMILES string of the molecule is C=CC(=O)N1CC[C@@](Nc2cc(F)c3ncn([C@@H]4CCNC4=O)c(=O)c3c2)(c2c(F)ccc(Cl)c2Cl)C1. The van der Waals surface area contributed by atoms with Crippen LogP contribution in [0.5, 0.6) is 0 Å². The van der Waals surface area contributed by atoms with Crippen LogP contribution in [0.3, 0.4) is 0 Å². The molecule has 2 aromatic carbocycles. The average Bonchev–Trinajstić information content (AvgIpc) is 3.49. The number of nitrogens with one attached hydrogen (secondary N) is 2. The van der Waals surface area contributed by atoms with Gasteiger partial charge in [0.05, 0.1) is 27.3 Å². The number of aromatic nitrogens is 2. The monoisotopic (exact) mass is 547 g/mol. The van der Waals surface area contributed by atoms with E-state index < -0.39 is 28.8 Å². The molecule has 0 spiro atoms. The van der Waals surface area contributed by atoms with Crippen LogP contribution in [0.25, 0.3) is 10.9 Å². The van der Waals surface area contributed by atoms with Crippen LogP contribution in [0.2, 0.25) is 10.0 Å². The van der Waals surface area contributed by atoms with Crippen molar-refractivity contribution in [2.45, 2.75) is 24.4 Å². The van der Waals surface area contributed by atoms with Crippen molar-refractivity contribution in [1.82, 2.24) is 19.8 Å². The van der Waals surface area contributed by atoms with Gasteiger partial charge in [-0.05, 0) is 43.2 Å². The van der Waals surface area contributed by atoms with Gasteiger partial charge in [-0.1, -0.05) is 29.8 Å². The first-order valence-electron chi connectivity index (χ1n) is 11.5. The van der Waals surface area contributed by atoms with Crippen molar-refractivity contribution < 1.29 is 18.4 Å². The predicted octanol–water partition coefficient (Wildman–Crippen LogP) is 3.77. The first kappa shape index (κ1) is 25.2. The second-order valence-corrected chi connectivity index (χ2v) is 9.83. The minimum Gasteiger partial charge on any atom is -0.373 e. The number of amides is 2. The van der Waals surface area contributed by atoms with Crippen LogP contribution < -0.4 is 16.2 Å². The zero-order valence-corrected chi connectivity index (χ0v) is 20.9. The van der Waals surface area contributed by atoms with Gasteiger partial charge in [-0.3, -0.25) is 19.0 Å². The Morgan fingerprint density at radius 2 is 2.03 bits per heavy atom. The number of anilines is 1. The normalized spacial score (nSPS) is 21.4. The van der Waals surface area contributed by atoms with Gasteiger partial charge in [0.1, 0.15) is 17.4 Å². The predicted molar refractivity (Wildman–Crippen MR) is 136 cm³/mol. The number of carbonyl (C=O) groups is 2. The molecule has 192 valence electrons. The van der Waals surface area contributed by atoms with E-state index in [1.165, 1.54) is 27.7 Å². The molecule has 0 radical (unpaired) electrons. The molecule has 2 fully saturated rings. The smallest absolute Gasteiger partial charge is 0.262 e. The van der Waals surface area contributed by atoms with Gasteiger partial charge in [-0.25, -0.2) is 13.8 Å². The Hall–Kier alpha value is -3.50. The minimum atomic E-state index is -1.29. The third kappa shape index (κ3) is 4.23. The van der Waals surface area contributed by atoms with E-state index in [1.54, 1.807) is 0 Å². The highest BCUT2D eigenvalue weighted by atomic mass is 35.5. The molecule has 0 saturated carbocycles. The van der Waals surface area contributed by atoms with E-state index in [4.69, 9.17) is 23.2 Å². The fourth-order valence-electron chi connectivity index (χ4n) is 5.08. The third-order valence-corrected chi connectivity index (χ3v) is 7.66. The summed E-state index contributed by atoms with van der Waals surface area (Å²) in [5.74, 6) is -2.13. The van der Waals surface area contributed by atoms with E-state index in [1.807, 2.05) is 0 Å². The number of nitrogens with zero attached hydrogens (tertiary/aromatic N) is 3. The van der Waals surface area contributed by atoms with Crippen molar-refractivity contribution in [2.75, 3.05) is 25.0 Å². The standard InChI is InChI=1S/C25H21Cl2F2N5O3/c1-2-19(35)33-8-6-25(11-33,20-16(28)4-3-15(26)21(20)27)32-13-9-14-22(17(29)10-13)31-12-34(24(14)37)18-5-7-30-23(18)36/h2-4,9-10,12,18,32H,1,5-8,11H2,(H,30,36)/t18-,25+/m1/s1. The summed E-state index contributed by atoms with van der Waals surface area (Å²) in [7, 11) is 0. The average molecular weight is 548 g/mol. The maximum absolute atomic E-state index is 15.2. The lowest BCUT2D eigenvalue weighted by Gasteiger charge is -2.33. The van der Waals surface area contributed by atoms with Gasteiger partial charge in [0.2, 0.25) is 11.8 Å². The van der Waals surface area contributed by atoms with E-state index in [-0.39, 0.29) is 63.5 Å². The van der Waals surface area contributed by atoms with E-state index in [0.29, 0.717) is 13.0 Å². The molecule has 37 heavy (non-hydrogen) atoms. The molecule has 2 amide bonds. The van der Waals surface area contributed by atoms with Crippen LogP contribution in [0.1, 0.15) is 24.4 Å². The summed E-state index contributed by atoms with van der Waals surface area (Å²) in [6, 6.07) is 4.27. The van der Waals surface area contributed by atoms with Crippen molar-refractivity contribution in [3.05, 3.63) is 80.8 Å². The van der Waals surface area contributed by atoms with Gasteiger partial charge in [0.25, 0.3) is 5.56 Å². The Kier molecular flexibility index (Phi) is 6.41. The van der Waals surface area contributed by atoms with Gasteiger partial charge in [0, 0.05) is 30.9 Å². The lowest BCUT2D eigenvalue weighted by Crippen LogP contribution is -2.41. The summed E-state index contributed by atoms with van der Waals surface area (Å²) < 4.78 is 31.6. The molecule has 3 aromatic rings. The first-order valence-corrected chi connectivity index (χ1v) is 12.2. The van der Waals surface area contributed by atoms with Crippen molar-refractivity contribution in [3.8, 4) is 0 Å². The molecule has 3 heterocycles. The molecular formula is C25H21Cl2F2N5O3. The number of likely N-dealkylation sites (tertiary alicyclic amines) is 1. The van der Waals surface area contributed by atoms with Gasteiger partial charge in [-0.15, -0.1) is 0 Å². The highest BCUT2D eigenvalue weighted by Gasteiger charge is 2.44. The van der Waals surface area contributed by atoms with E-state index in [2.05, 4.69) is 22.2 Å². The maximum Gasteiger partial charge on any atom is 0.262 e. The zero-order valence-electron chi connectivity index (χ0n) is 19.4. The van der Waals surface area contributed by atoms with Crippen LogP contribution in [-0.4, -0.2) is 45.9 Å². The number of hydrogen-bond acceptors (Lipinski definition) is 5. The Bertz CT molecular complexity index is 1530. The number of fused-ring (bicyclic) bond motifs is 1. The van der Waals surface area contributed by atoms with E-state index in [9.17, 15) is 14.4 Å². The molecule has 1 aromatic heterocycles. The Morgan fingerprint density at radius 1 is 1.24 bits per heavy atom. The second-order valence-electron chi connectivity index (χ2n) is 9.05. The minimum absolute atomic E-state index is 0.0198. The molecule has 2 aliphatic heterocycles. The van der Waals surface area contributed by atoms with Crippen molar-refractivity contribution in [1.29, 1.82) is 0 Å². The fraction of sp³-hybridized carbons (Fsp3) is 0.280. The van der Waals surface area contributed by atoms with Gasteiger partial charge >= 0.3 is 0 Å². The largest absolute Gasteiger partial charge is 0.373 e. The number of halogens is 4. The highest BCUT2D eigenvalue weighted by molar-refractivity contribution is 6.42. The van der Waals surface area contributed by atoms with E-state index >= 15 is 8.78 Å². The molecule has 0 bridgehead atoms. The maximum atomic E-state index is 15.2. The topological polar surface area (TPSA) is 96.3 Å². The second kappa shape index (κ2) is 9.42. The molecule has 12 heteroatoms. The highest BCUT2D eigenvalue weighted by Crippen LogP contribution is 2.43. The van der Waals surface area contributed by atoms with E-state index in [0.717, 1.165) is 18.5 Å². The number of hydrogen-bond donors (Lipinski definition) is 2. The summed E-state index contributed by atoms with van der Waals surface area (Å²) in [5.41, 5.74) is -1.89. The zero-order chi connectivity index (χ0) is 26.5.